The standard InChI is InChI=1S/C17H14N2O3/c1-13(20)17(12-18,15-5-3-2-4-6-15)11-14-7-9-16(10-8-14)19(21)22/h2-10H,11H2,1H3. The van der Waals surface area contributed by atoms with Crippen molar-refractivity contribution in [2.45, 2.75) is 18.8 Å². The van der Waals surface area contributed by atoms with Crippen molar-refractivity contribution in [2.75, 3.05) is 0 Å². The van der Waals surface area contributed by atoms with E-state index in [1.807, 2.05) is 6.07 Å². The molecular formula is C17H14N2O3. The van der Waals surface area contributed by atoms with Crippen LogP contribution in [0.5, 0.6) is 0 Å². The second kappa shape index (κ2) is 6.19. The monoisotopic (exact) mass is 294 g/mol. The summed E-state index contributed by atoms with van der Waals surface area (Å²) < 4.78 is 0. The van der Waals surface area contributed by atoms with Gasteiger partial charge in [-0.2, -0.15) is 5.26 Å². The van der Waals surface area contributed by atoms with Gasteiger partial charge in [0.2, 0.25) is 0 Å². The van der Waals surface area contributed by atoms with Crippen molar-refractivity contribution in [3.63, 3.8) is 0 Å². The summed E-state index contributed by atoms with van der Waals surface area (Å²) in [6.07, 6.45) is 0.181. The van der Waals surface area contributed by atoms with Gasteiger partial charge in [-0.15, -0.1) is 0 Å². The lowest BCUT2D eigenvalue weighted by Crippen LogP contribution is -2.35. The van der Waals surface area contributed by atoms with Crippen LogP contribution in [0.2, 0.25) is 0 Å². The van der Waals surface area contributed by atoms with Gasteiger partial charge in [-0.25, -0.2) is 0 Å². The van der Waals surface area contributed by atoms with Crippen molar-refractivity contribution >= 4 is 11.5 Å². The summed E-state index contributed by atoms with van der Waals surface area (Å²) in [5, 5.41) is 20.3. The fourth-order valence-electron chi connectivity index (χ4n) is 2.38. The summed E-state index contributed by atoms with van der Waals surface area (Å²) >= 11 is 0. The lowest BCUT2D eigenvalue weighted by molar-refractivity contribution is -0.384. The minimum absolute atomic E-state index is 0.0196. The van der Waals surface area contributed by atoms with Crippen LogP contribution in [-0.2, 0) is 16.6 Å². The number of rotatable bonds is 5. The van der Waals surface area contributed by atoms with Crippen molar-refractivity contribution < 1.29 is 9.72 Å². The van der Waals surface area contributed by atoms with E-state index in [0.717, 1.165) is 0 Å². The quantitative estimate of drug-likeness (QED) is 0.626. The highest BCUT2D eigenvalue weighted by atomic mass is 16.6. The molecule has 0 fully saturated rings. The number of carbonyl (C=O) groups is 1. The predicted molar refractivity (Wildman–Crippen MR) is 81.2 cm³/mol. The van der Waals surface area contributed by atoms with Crippen LogP contribution in [0.25, 0.3) is 0 Å². The van der Waals surface area contributed by atoms with Crippen molar-refractivity contribution in [1.29, 1.82) is 5.26 Å². The Labute approximate surface area is 128 Å². The zero-order valence-electron chi connectivity index (χ0n) is 12.0. The number of Topliss-reactive ketones (excluding diaryl/α,β-unsaturated/α-hetero) is 1. The number of nitriles is 1. The van der Waals surface area contributed by atoms with E-state index in [2.05, 4.69) is 6.07 Å². The summed E-state index contributed by atoms with van der Waals surface area (Å²) in [6.45, 7) is 1.39. The van der Waals surface area contributed by atoms with Crippen molar-refractivity contribution in [3.8, 4) is 6.07 Å². The van der Waals surface area contributed by atoms with Gasteiger partial charge in [0, 0.05) is 18.6 Å². The first-order valence-electron chi connectivity index (χ1n) is 6.71. The Hall–Kier alpha value is -3.00. The molecule has 0 aliphatic carbocycles. The molecule has 5 heteroatoms. The molecule has 2 rings (SSSR count). The zero-order chi connectivity index (χ0) is 16.2. The maximum Gasteiger partial charge on any atom is 0.269 e. The third-order valence-corrected chi connectivity index (χ3v) is 3.67. The molecule has 0 radical (unpaired) electrons. The van der Waals surface area contributed by atoms with Crippen LogP contribution in [0.4, 0.5) is 5.69 Å². The van der Waals surface area contributed by atoms with Gasteiger partial charge in [-0.1, -0.05) is 42.5 Å². The summed E-state index contributed by atoms with van der Waals surface area (Å²) in [5.41, 5.74) is 0.0283. The molecule has 110 valence electrons. The molecule has 1 unspecified atom stereocenters. The van der Waals surface area contributed by atoms with Crippen LogP contribution in [0.1, 0.15) is 18.1 Å². The molecule has 0 amide bonds. The van der Waals surface area contributed by atoms with E-state index in [1.165, 1.54) is 19.1 Å². The van der Waals surface area contributed by atoms with Gasteiger partial charge >= 0.3 is 0 Å². The highest BCUT2D eigenvalue weighted by Crippen LogP contribution is 2.30. The van der Waals surface area contributed by atoms with Crippen LogP contribution >= 0.6 is 0 Å². The number of benzene rings is 2. The maximum atomic E-state index is 12.1. The number of hydrogen-bond acceptors (Lipinski definition) is 4. The fourth-order valence-corrected chi connectivity index (χ4v) is 2.38. The second-order valence-corrected chi connectivity index (χ2v) is 5.04. The highest BCUT2D eigenvalue weighted by Gasteiger charge is 2.37. The molecule has 0 spiro atoms. The van der Waals surface area contributed by atoms with E-state index in [-0.39, 0.29) is 17.9 Å². The number of nitro groups is 1. The van der Waals surface area contributed by atoms with Crippen LogP contribution in [0, 0.1) is 21.4 Å². The molecule has 1 atom stereocenters. The first-order chi connectivity index (χ1) is 10.5. The smallest absolute Gasteiger partial charge is 0.269 e. The summed E-state index contributed by atoms with van der Waals surface area (Å²) in [4.78, 5) is 22.3. The van der Waals surface area contributed by atoms with Gasteiger partial charge < -0.3 is 0 Å². The number of nitro benzene ring substituents is 1. The topological polar surface area (TPSA) is 84.0 Å². The van der Waals surface area contributed by atoms with Crippen molar-refractivity contribution in [2.24, 2.45) is 0 Å². The van der Waals surface area contributed by atoms with E-state index < -0.39 is 10.3 Å². The molecule has 0 aliphatic rings. The lowest BCUT2D eigenvalue weighted by Gasteiger charge is -2.24. The average Bonchev–Trinajstić information content (AvgIpc) is 2.53. The van der Waals surface area contributed by atoms with Crippen molar-refractivity contribution in [1.82, 2.24) is 0 Å². The molecule has 22 heavy (non-hydrogen) atoms. The SMILES string of the molecule is CC(=O)C(C#N)(Cc1ccc([N+](=O)[O-])cc1)c1ccccc1. The highest BCUT2D eigenvalue weighted by molar-refractivity contribution is 5.91. The van der Waals surface area contributed by atoms with Crippen LogP contribution < -0.4 is 0 Å². The van der Waals surface area contributed by atoms with E-state index >= 15 is 0 Å². The average molecular weight is 294 g/mol. The van der Waals surface area contributed by atoms with E-state index in [1.54, 1.807) is 36.4 Å². The van der Waals surface area contributed by atoms with E-state index in [4.69, 9.17) is 0 Å². The molecule has 0 N–H and O–H groups in total. The Morgan fingerprint density at radius 2 is 1.77 bits per heavy atom. The van der Waals surface area contributed by atoms with Crippen LogP contribution in [0.15, 0.2) is 54.6 Å². The van der Waals surface area contributed by atoms with Gasteiger partial charge in [0.05, 0.1) is 11.0 Å². The summed E-state index contributed by atoms with van der Waals surface area (Å²) in [6, 6.07) is 16.9. The number of hydrogen-bond donors (Lipinski definition) is 0. The molecular weight excluding hydrogens is 280 g/mol. The normalized spacial score (nSPS) is 12.9. The zero-order valence-corrected chi connectivity index (χ0v) is 12.0. The first-order valence-corrected chi connectivity index (χ1v) is 6.71. The predicted octanol–water partition coefficient (Wildman–Crippen LogP) is 3.19. The lowest BCUT2D eigenvalue weighted by atomic mass is 9.74. The molecule has 0 bridgehead atoms. The number of ketones is 1. The van der Waals surface area contributed by atoms with Crippen LogP contribution in [0.3, 0.4) is 0 Å². The third kappa shape index (κ3) is 2.86. The van der Waals surface area contributed by atoms with Gasteiger partial charge in [-0.3, -0.25) is 14.9 Å². The number of nitrogens with zero attached hydrogens (tertiary/aromatic N) is 2. The molecule has 5 nitrogen and oxygen atoms in total. The van der Waals surface area contributed by atoms with E-state index in [0.29, 0.717) is 11.1 Å². The molecule has 0 saturated heterocycles. The summed E-state index contributed by atoms with van der Waals surface area (Å²) in [7, 11) is 0. The Morgan fingerprint density at radius 1 is 1.18 bits per heavy atom. The number of carbonyl (C=O) groups excluding carboxylic acids is 1. The Balaban J connectivity index is 2.42. The Kier molecular flexibility index (Phi) is 4.33. The Morgan fingerprint density at radius 3 is 2.23 bits per heavy atom. The second-order valence-electron chi connectivity index (χ2n) is 5.04. The van der Waals surface area contributed by atoms with E-state index in [9.17, 15) is 20.2 Å². The maximum absolute atomic E-state index is 12.1. The molecule has 0 aromatic heterocycles. The molecule has 0 aliphatic heterocycles. The minimum atomic E-state index is -1.28. The van der Waals surface area contributed by atoms with Crippen LogP contribution in [-0.4, -0.2) is 10.7 Å². The Bertz CT molecular complexity index is 733. The van der Waals surface area contributed by atoms with Gasteiger partial charge in [0.15, 0.2) is 5.78 Å². The molecule has 0 saturated carbocycles. The van der Waals surface area contributed by atoms with Crippen molar-refractivity contribution in [3.05, 3.63) is 75.8 Å². The minimum Gasteiger partial charge on any atom is -0.298 e. The number of non-ortho nitro benzene ring substituents is 1. The molecule has 0 heterocycles. The van der Waals surface area contributed by atoms with Gasteiger partial charge in [-0.05, 0) is 18.1 Å². The largest absolute Gasteiger partial charge is 0.298 e. The summed E-state index contributed by atoms with van der Waals surface area (Å²) in [5.74, 6) is -0.250. The van der Waals surface area contributed by atoms with Gasteiger partial charge in [0.1, 0.15) is 5.41 Å². The molecule has 2 aromatic carbocycles. The first kappa shape index (κ1) is 15.4. The fraction of sp³-hybridized carbons (Fsp3) is 0.176. The molecule has 2 aromatic rings. The van der Waals surface area contributed by atoms with Gasteiger partial charge in [0.25, 0.3) is 5.69 Å². The third-order valence-electron chi connectivity index (χ3n) is 3.67.